The lowest BCUT2D eigenvalue weighted by Crippen LogP contribution is -2.37. The summed E-state index contributed by atoms with van der Waals surface area (Å²) in [7, 11) is 0. The molecular formula is C13H18N4O3. The molecule has 1 N–H and O–H groups in total. The minimum atomic E-state index is -0.881. The molecule has 7 heteroatoms. The van der Waals surface area contributed by atoms with Crippen LogP contribution in [0.25, 0.3) is 0 Å². The highest BCUT2D eigenvalue weighted by atomic mass is 16.5. The summed E-state index contributed by atoms with van der Waals surface area (Å²) in [6.45, 7) is 4.98. The number of ether oxygens (including phenoxy) is 1. The Balaban J connectivity index is 1.68. The van der Waals surface area contributed by atoms with E-state index in [-0.39, 0.29) is 0 Å². The van der Waals surface area contributed by atoms with Crippen LogP contribution in [0.2, 0.25) is 0 Å². The lowest BCUT2D eigenvalue weighted by molar-refractivity contribution is 0.0330. The highest BCUT2D eigenvalue weighted by Gasteiger charge is 2.22. The Bertz CT molecular complexity index is 502. The second kappa shape index (κ2) is 5.72. The third-order valence-electron chi connectivity index (χ3n) is 3.72. The molecule has 7 nitrogen and oxygen atoms in total. The predicted octanol–water partition coefficient (Wildman–Crippen LogP) is 0.345. The number of morpholine rings is 1. The van der Waals surface area contributed by atoms with E-state index in [9.17, 15) is 4.79 Å². The maximum Gasteiger partial charge on any atom is 0.407 e. The molecule has 108 valence electrons. The molecule has 0 atom stereocenters. The second-order valence-electron chi connectivity index (χ2n) is 5.10. The van der Waals surface area contributed by atoms with Crippen LogP contribution in [0.3, 0.4) is 0 Å². The second-order valence-corrected chi connectivity index (χ2v) is 5.10. The molecule has 1 saturated heterocycles. The zero-order valence-electron chi connectivity index (χ0n) is 11.3. The van der Waals surface area contributed by atoms with Gasteiger partial charge < -0.3 is 14.7 Å². The highest BCUT2D eigenvalue weighted by Crippen LogP contribution is 2.17. The fourth-order valence-corrected chi connectivity index (χ4v) is 2.56. The molecule has 0 bridgehead atoms. The Kier molecular flexibility index (Phi) is 3.79. The van der Waals surface area contributed by atoms with Crippen molar-refractivity contribution in [3.8, 4) is 0 Å². The van der Waals surface area contributed by atoms with E-state index in [2.05, 4.69) is 14.9 Å². The number of hydrogen-bond acceptors (Lipinski definition) is 5. The fourth-order valence-electron chi connectivity index (χ4n) is 2.56. The van der Waals surface area contributed by atoms with Gasteiger partial charge in [-0.1, -0.05) is 0 Å². The van der Waals surface area contributed by atoms with E-state index in [1.165, 1.54) is 4.90 Å². The zero-order chi connectivity index (χ0) is 13.9. The van der Waals surface area contributed by atoms with Crippen LogP contribution >= 0.6 is 0 Å². The first-order valence-corrected chi connectivity index (χ1v) is 6.84. The summed E-state index contributed by atoms with van der Waals surface area (Å²) in [5.74, 6) is 0.814. The van der Waals surface area contributed by atoms with Gasteiger partial charge in [-0.15, -0.1) is 0 Å². The number of amides is 1. The van der Waals surface area contributed by atoms with Crippen molar-refractivity contribution >= 4 is 6.09 Å². The van der Waals surface area contributed by atoms with Crippen molar-refractivity contribution in [3.05, 3.63) is 23.3 Å². The normalized spacial score (nSPS) is 19.7. The molecular weight excluding hydrogens is 260 g/mol. The summed E-state index contributed by atoms with van der Waals surface area (Å²) in [4.78, 5) is 23.6. The molecule has 1 fully saturated rings. The van der Waals surface area contributed by atoms with E-state index < -0.39 is 6.09 Å². The number of fused-ring (bicyclic) bond motifs is 1. The minimum Gasteiger partial charge on any atom is -0.465 e. The monoisotopic (exact) mass is 278 g/mol. The Morgan fingerprint density at radius 1 is 1.35 bits per heavy atom. The molecule has 2 aliphatic heterocycles. The standard InChI is InChI=1S/C13H18N4O3/c18-13(19)17-2-1-11-10(8-17)7-14-12(15-11)9-16-3-5-20-6-4-16/h7H,1-6,8-9H2,(H,18,19). The van der Waals surface area contributed by atoms with Gasteiger partial charge in [-0.2, -0.15) is 0 Å². The first-order chi connectivity index (χ1) is 9.72. The maximum atomic E-state index is 11.0. The van der Waals surface area contributed by atoms with E-state index >= 15 is 0 Å². The summed E-state index contributed by atoms with van der Waals surface area (Å²) < 4.78 is 5.32. The summed E-state index contributed by atoms with van der Waals surface area (Å²) in [5.41, 5.74) is 1.91. The highest BCUT2D eigenvalue weighted by molar-refractivity contribution is 5.65. The lowest BCUT2D eigenvalue weighted by Gasteiger charge is -2.27. The van der Waals surface area contributed by atoms with Gasteiger partial charge in [0.25, 0.3) is 0 Å². The van der Waals surface area contributed by atoms with Gasteiger partial charge in [0, 0.05) is 37.8 Å². The molecule has 1 aromatic rings. The SMILES string of the molecule is O=C(O)N1CCc2nc(CN3CCOCC3)ncc2C1. The van der Waals surface area contributed by atoms with Crippen LogP contribution in [0.1, 0.15) is 17.1 Å². The topological polar surface area (TPSA) is 78.8 Å². The molecule has 0 aliphatic carbocycles. The van der Waals surface area contributed by atoms with Crippen LogP contribution < -0.4 is 0 Å². The number of aromatic nitrogens is 2. The van der Waals surface area contributed by atoms with Gasteiger partial charge in [-0.3, -0.25) is 4.90 Å². The average molecular weight is 278 g/mol. The molecule has 0 unspecified atom stereocenters. The molecule has 3 rings (SSSR count). The summed E-state index contributed by atoms with van der Waals surface area (Å²) in [6.07, 6.45) is 1.56. The number of nitrogens with zero attached hydrogens (tertiary/aromatic N) is 4. The maximum absolute atomic E-state index is 11.0. The third kappa shape index (κ3) is 2.88. The Morgan fingerprint density at radius 2 is 2.15 bits per heavy atom. The van der Waals surface area contributed by atoms with E-state index in [4.69, 9.17) is 9.84 Å². The van der Waals surface area contributed by atoms with Gasteiger partial charge in [0.2, 0.25) is 0 Å². The van der Waals surface area contributed by atoms with E-state index in [1.807, 2.05) is 0 Å². The van der Waals surface area contributed by atoms with Crippen molar-refractivity contribution in [3.63, 3.8) is 0 Å². The summed E-state index contributed by atoms with van der Waals surface area (Å²) in [6, 6.07) is 0. The Hall–Kier alpha value is -1.73. The van der Waals surface area contributed by atoms with Crippen molar-refractivity contribution in [2.45, 2.75) is 19.5 Å². The fraction of sp³-hybridized carbons (Fsp3) is 0.615. The summed E-state index contributed by atoms with van der Waals surface area (Å²) >= 11 is 0. The van der Waals surface area contributed by atoms with E-state index in [1.54, 1.807) is 6.20 Å². The largest absolute Gasteiger partial charge is 0.465 e. The zero-order valence-corrected chi connectivity index (χ0v) is 11.3. The van der Waals surface area contributed by atoms with Gasteiger partial charge in [-0.05, 0) is 0 Å². The van der Waals surface area contributed by atoms with Crippen molar-refractivity contribution in [1.82, 2.24) is 19.8 Å². The van der Waals surface area contributed by atoms with Gasteiger partial charge in [-0.25, -0.2) is 14.8 Å². The van der Waals surface area contributed by atoms with Crippen LogP contribution in [-0.4, -0.2) is 63.8 Å². The van der Waals surface area contributed by atoms with E-state index in [0.29, 0.717) is 19.5 Å². The van der Waals surface area contributed by atoms with Crippen molar-refractivity contribution in [1.29, 1.82) is 0 Å². The van der Waals surface area contributed by atoms with Gasteiger partial charge in [0.05, 0.1) is 32.0 Å². The molecule has 20 heavy (non-hydrogen) atoms. The number of rotatable bonds is 2. The number of hydrogen-bond donors (Lipinski definition) is 1. The number of carbonyl (C=O) groups is 1. The molecule has 2 aliphatic rings. The predicted molar refractivity (Wildman–Crippen MR) is 70.3 cm³/mol. The molecule has 1 amide bonds. The van der Waals surface area contributed by atoms with Crippen LogP contribution in [0.15, 0.2) is 6.20 Å². The van der Waals surface area contributed by atoms with Crippen molar-refractivity contribution in [2.24, 2.45) is 0 Å². The molecule has 1 aromatic heterocycles. The van der Waals surface area contributed by atoms with Crippen LogP contribution in [-0.2, 0) is 24.2 Å². The molecule has 0 aromatic carbocycles. The van der Waals surface area contributed by atoms with Crippen LogP contribution in [0.5, 0.6) is 0 Å². The molecule has 0 spiro atoms. The molecule has 0 saturated carbocycles. The van der Waals surface area contributed by atoms with Crippen LogP contribution in [0.4, 0.5) is 4.79 Å². The third-order valence-corrected chi connectivity index (χ3v) is 3.72. The van der Waals surface area contributed by atoms with Gasteiger partial charge in [0.1, 0.15) is 5.82 Å². The number of carboxylic acid groups (broad SMARTS) is 1. The summed E-state index contributed by atoms with van der Waals surface area (Å²) in [5, 5.41) is 9.00. The van der Waals surface area contributed by atoms with Crippen molar-refractivity contribution in [2.75, 3.05) is 32.8 Å². The van der Waals surface area contributed by atoms with Gasteiger partial charge in [0.15, 0.2) is 0 Å². The average Bonchev–Trinajstić information content (AvgIpc) is 2.47. The quantitative estimate of drug-likeness (QED) is 0.840. The van der Waals surface area contributed by atoms with E-state index in [0.717, 1.165) is 49.9 Å². The lowest BCUT2D eigenvalue weighted by atomic mass is 10.1. The Morgan fingerprint density at radius 3 is 2.90 bits per heavy atom. The first-order valence-electron chi connectivity index (χ1n) is 6.84. The van der Waals surface area contributed by atoms with Gasteiger partial charge >= 0.3 is 6.09 Å². The molecule has 0 radical (unpaired) electrons. The molecule has 3 heterocycles. The first kappa shape index (κ1) is 13.3. The minimum absolute atomic E-state index is 0.391. The Labute approximate surface area is 117 Å². The van der Waals surface area contributed by atoms with Crippen molar-refractivity contribution < 1.29 is 14.6 Å². The van der Waals surface area contributed by atoms with Crippen LogP contribution in [0, 0.1) is 0 Å². The smallest absolute Gasteiger partial charge is 0.407 e.